The summed E-state index contributed by atoms with van der Waals surface area (Å²) in [6.45, 7) is 0. The van der Waals surface area contributed by atoms with Gasteiger partial charge in [0.1, 0.15) is 5.03 Å². The molecule has 3 rings (SSSR count). The number of anilines is 2. The zero-order valence-electron chi connectivity index (χ0n) is 14.7. The van der Waals surface area contributed by atoms with Gasteiger partial charge < -0.3 is 10.6 Å². The van der Waals surface area contributed by atoms with Gasteiger partial charge in [0, 0.05) is 5.56 Å². The topological polar surface area (TPSA) is 99.8 Å². The molecule has 0 aliphatic rings. The van der Waals surface area contributed by atoms with Crippen molar-refractivity contribution in [3.8, 4) is 0 Å². The number of halogens is 3. The van der Waals surface area contributed by atoms with Crippen LogP contribution < -0.4 is 10.6 Å². The van der Waals surface area contributed by atoms with Crippen molar-refractivity contribution in [3.05, 3.63) is 65.9 Å². The first-order chi connectivity index (χ1) is 13.8. The molecule has 0 bridgehead atoms. The van der Waals surface area contributed by atoms with E-state index < -0.39 is 17.6 Å². The number of amides is 2. The molecular weight excluding hydrogens is 407 g/mol. The summed E-state index contributed by atoms with van der Waals surface area (Å²) in [4.78, 5) is 24.5. The molecule has 2 amide bonds. The minimum absolute atomic E-state index is 0.0562. The molecule has 1 aromatic heterocycles. The van der Waals surface area contributed by atoms with Crippen molar-refractivity contribution in [2.24, 2.45) is 0 Å². The Morgan fingerprint density at radius 1 is 1.00 bits per heavy atom. The van der Waals surface area contributed by atoms with Crippen LogP contribution in [0.15, 0.2) is 59.8 Å². The molecule has 29 heavy (non-hydrogen) atoms. The van der Waals surface area contributed by atoms with Gasteiger partial charge >= 0.3 is 6.18 Å². The Bertz CT molecular complexity index is 991. The lowest BCUT2D eigenvalue weighted by molar-refractivity contribution is -0.137. The first-order valence-electron chi connectivity index (χ1n) is 8.19. The molecule has 150 valence electrons. The number of hydrogen-bond donors (Lipinski definition) is 3. The van der Waals surface area contributed by atoms with Crippen LogP contribution in [-0.4, -0.2) is 33.0 Å². The Morgan fingerprint density at radius 2 is 1.66 bits per heavy atom. The van der Waals surface area contributed by atoms with Crippen molar-refractivity contribution in [3.63, 3.8) is 0 Å². The summed E-state index contributed by atoms with van der Waals surface area (Å²) >= 11 is 1.18. The standard InChI is InChI=1S/C18H14F3N5O2S/c19-18(20,21)12-7-5-11(6-8-12)17(28)24-14-4-2-1-3-13(14)23-15(27)10-29-16-9-22-26-25-16/h1-9H,10H2,(H,23,27)(H,24,28)(H,22,25,26). The van der Waals surface area contributed by atoms with Gasteiger partial charge in [-0.1, -0.05) is 23.9 Å². The molecule has 0 aliphatic carbocycles. The van der Waals surface area contributed by atoms with Crippen LogP contribution in [0.25, 0.3) is 0 Å². The van der Waals surface area contributed by atoms with Gasteiger partial charge in [-0.2, -0.15) is 23.5 Å². The van der Waals surface area contributed by atoms with Gasteiger partial charge in [0.15, 0.2) is 0 Å². The van der Waals surface area contributed by atoms with E-state index in [1.165, 1.54) is 18.0 Å². The molecule has 0 radical (unpaired) electrons. The molecule has 0 fully saturated rings. The fraction of sp³-hybridized carbons (Fsp3) is 0.111. The molecule has 1 heterocycles. The van der Waals surface area contributed by atoms with E-state index in [0.717, 1.165) is 24.3 Å². The molecule has 0 saturated heterocycles. The second-order valence-corrected chi connectivity index (χ2v) is 6.72. The lowest BCUT2D eigenvalue weighted by atomic mass is 10.1. The van der Waals surface area contributed by atoms with Crippen molar-refractivity contribution in [1.29, 1.82) is 0 Å². The molecule has 0 unspecified atom stereocenters. The fourth-order valence-electron chi connectivity index (χ4n) is 2.29. The second kappa shape index (κ2) is 8.78. The number of H-pyrrole nitrogens is 1. The maximum atomic E-state index is 12.6. The van der Waals surface area contributed by atoms with Gasteiger partial charge in [-0.25, -0.2) is 0 Å². The van der Waals surface area contributed by atoms with Crippen LogP contribution in [0, 0.1) is 0 Å². The first kappa shape index (κ1) is 20.4. The molecule has 0 spiro atoms. The Balaban J connectivity index is 1.65. The third-order valence-corrected chi connectivity index (χ3v) is 4.57. The number of alkyl halides is 3. The van der Waals surface area contributed by atoms with E-state index in [9.17, 15) is 22.8 Å². The highest BCUT2D eigenvalue weighted by atomic mass is 32.2. The number of aromatic amines is 1. The number of nitrogens with zero attached hydrogens (tertiary/aromatic N) is 2. The van der Waals surface area contributed by atoms with Crippen LogP contribution in [0.5, 0.6) is 0 Å². The van der Waals surface area contributed by atoms with Crippen LogP contribution in [0.2, 0.25) is 0 Å². The van der Waals surface area contributed by atoms with Gasteiger partial charge in [-0.3, -0.25) is 9.59 Å². The third kappa shape index (κ3) is 5.57. The summed E-state index contributed by atoms with van der Waals surface area (Å²) in [7, 11) is 0. The lowest BCUT2D eigenvalue weighted by Gasteiger charge is -2.12. The van der Waals surface area contributed by atoms with E-state index >= 15 is 0 Å². The number of para-hydroxylation sites is 2. The maximum Gasteiger partial charge on any atom is 0.416 e. The molecule has 2 aromatic carbocycles. The maximum absolute atomic E-state index is 12.6. The summed E-state index contributed by atoms with van der Waals surface area (Å²) in [5.41, 5.74) is -0.109. The SMILES string of the molecule is O=C(CSc1cn[nH]n1)Nc1ccccc1NC(=O)c1ccc(C(F)(F)F)cc1. The monoisotopic (exact) mass is 421 g/mol. The Morgan fingerprint density at radius 3 is 2.24 bits per heavy atom. The molecule has 3 aromatic rings. The average molecular weight is 421 g/mol. The average Bonchev–Trinajstić information content (AvgIpc) is 3.21. The smallest absolute Gasteiger partial charge is 0.324 e. The van der Waals surface area contributed by atoms with E-state index in [1.54, 1.807) is 24.3 Å². The second-order valence-electron chi connectivity index (χ2n) is 5.72. The van der Waals surface area contributed by atoms with Crippen LogP contribution in [0.1, 0.15) is 15.9 Å². The number of thioether (sulfide) groups is 1. The highest BCUT2D eigenvalue weighted by Crippen LogP contribution is 2.29. The number of carbonyl (C=O) groups excluding carboxylic acids is 2. The number of hydrogen-bond acceptors (Lipinski definition) is 5. The van der Waals surface area contributed by atoms with E-state index in [-0.39, 0.29) is 17.2 Å². The molecule has 0 aliphatic heterocycles. The summed E-state index contributed by atoms with van der Waals surface area (Å²) < 4.78 is 37.9. The molecule has 3 N–H and O–H groups in total. The van der Waals surface area contributed by atoms with Gasteiger partial charge in [0.05, 0.1) is 28.9 Å². The minimum atomic E-state index is -4.48. The summed E-state index contributed by atoms with van der Waals surface area (Å²) in [5.74, 6) is -0.847. The number of carbonyl (C=O) groups is 2. The van der Waals surface area contributed by atoms with E-state index in [4.69, 9.17) is 0 Å². The molecular formula is C18H14F3N5O2S. The molecule has 0 saturated carbocycles. The van der Waals surface area contributed by atoms with Crippen LogP contribution >= 0.6 is 11.8 Å². The number of aromatic nitrogens is 3. The summed E-state index contributed by atoms with van der Waals surface area (Å²) in [6.07, 6.45) is -2.99. The van der Waals surface area contributed by atoms with Gasteiger partial charge in [-0.05, 0) is 36.4 Å². The number of rotatable bonds is 6. The fourth-order valence-corrected chi connectivity index (χ4v) is 2.88. The highest BCUT2D eigenvalue weighted by Gasteiger charge is 2.30. The molecule has 0 atom stereocenters. The molecule has 7 nitrogen and oxygen atoms in total. The summed E-state index contributed by atoms with van der Waals surface area (Å²) in [5, 5.41) is 15.7. The van der Waals surface area contributed by atoms with E-state index in [0.29, 0.717) is 16.4 Å². The number of nitrogens with one attached hydrogen (secondary N) is 3. The van der Waals surface area contributed by atoms with Crippen LogP contribution in [0.3, 0.4) is 0 Å². The van der Waals surface area contributed by atoms with Gasteiger partial charge in [-0.15, -0.1) is 5.10 Å². The zero-order chi connectivity index (χ0) is 20.9. The predicted molar refractivity (Wildman–Crippen MR) is 102 cm³/mol. The number of benzene rings is 2. The summed E-state index contributed by atoms with van der Waals surface area (Å²) in [6, 6.07) is 10.4. The molecule has 11 heteroatoms. The van der Waals surface area contributed by atoms with Crippen molar-refractivity contribution in [2.75, 3.05) is 16.4 Å². The lowest BCUT2D eigenvalue weighted by Crippen LogP contribution is -2.18. The largest absolute Gasteiger partial charge is 0.416 e. The Kier molecular flexibility index (Phi) is 6.17. The predicted octanol–water partition coefficient (Wildman–Crippen LogP) is 3.81. The van der Waals surface area contributed by atoms with Crippen LogP contribution in [-0.2, 0) is 11.0 Å². The van der Waals surface area contributed by atoms with Crippen LogP contribution in [0.4, 0.5) is 24.5 Å². The van der Waals surface area contributed by atoms with E-state index in [2.05, 4.69) is 26.0 Å². The van der Waals surface area contributed by atoms with Gasteiger partial charge in [0.2, 0.25) is 5.91 Å². The zero-order valence-corrected chi connectivity index (χ0v) is 15.5. The van der Waals surface area contributed by atoms with Crippen molar-refractivity contribution < 1.29 is 22.8 Å². The van der Waals surface area contributed by atoms with Gasteiger partial charge in [0.25, 0.3) is 5.91 Å². The highest BCUT2D eigenvalue weighted by molar-refractivity contribution is 7.99. The minimum Gasteiger partial charge on any atom is -0.324 e. The normalized spacial score (nSPS) is 11.1. The van der Waals surface area contributed by atoms with Crippen molar-refractivity contribution >= 4 is 35.0 Å². The van der Waals surface area contributed by atoms with Crippen molar-refractivity contribution in [2.45, 2.75) is 11.2 Å². The van der Waals surface area contributed by atoms with E-state index in [1.807, 2.05) is 0 Å². The Hall–Kier alpha value is -3.34. The third-order valence-electron chi connectivity index (χ3n) is 3.67. The Labute approximate surface area is 167 Å². The first-order valence-corrected chi connectivity index (χ1v) is 9.17. The quantitative estimate of drug-likeness (QED) is 0.526. The van der Waals surface area contributed by atoms with Crippen molar-refractivity contribution in [1.82, 2.24) is 15.4 Å².